The molecule has 0 spiro atoms. The monoisotopic (exact) mass is 246 g/mol. The molecule has 0 aromatic carbocycles. The molecular weight excluding hydrogens is 232 g/mol. The Balaban J connectivity index is 1.75. The molecule has 94 valence electrons. The van der Waals surface area contributed by atoms with Crippen molar-refractivity contribution in [1.29, 1.82) is 0 Å². The van der Waals surface area contributed by atoms with Gasteiger partial charge in [0.2, 0.25) is 5.56 Å². The number of carbonyl (C=O) groups excluding carboxylic acids is 1. The summed E-state index contributed by atoms with van der Waals surface area (Å²) >= 11 is 0. The highest BCUT2D eigenvalue weighted by Gasteiger charge is 2.04. The van der Waals surface area contributed by atoms with E-state index in [1.54, 1.807) is 12.4 Å². The van der Waals surface area contributed by atoms with Gasteiger partial charge in [0.05, 0.1) is 5.56 Å². The Morgan fingerprint density at radius 1 is 1.33 bits per heavy atom. The molecule has 2 aromatic rings. The molecule has 0 aliphatic rings. The van der Waals surface area contributed by atoms with E-state index in [4.69, 9.17) is 0 Å². The smallest absolute Gasteiger partial charge is 0.252 e. The van der Waals surface area contributed by atoms with Crippen molar-refractivity contribution < 1.29 is 4.79 Å². The topological polar surface area (TPSA) is 90.6 Å². The Kier molecular flexibility index (Phi) is 3.90. The summed E-state index contributed by atoms with van der Waals surface area (Å²) in [5.41, 5.74) is 0.233. The van der Waals surface area contributed by atoms with E-state index in [2.05, 4.69) is 20.3 Å². The largest absolute Gasteiger partial charge is 0.352 e. The molecule has 3 N–H and O–H groups in total. The maximum atomic E-state index is 11.7. The lowest BCUT2D eigenvalue weighted by molar-refractivity contribution is 0.0953. The van der Waals surface area contributed by atoms with Gasteiger partial charge in [0, 0.05) is 37.6 Å². The van der Waals surface area contributed by atoms with Gasteiger partial charge in [-0.25, -0.2) is 4.98 Å². The van der Waals surface area contributed by atoms with Gasteiger partial charge in [0.1, 0.15) is 5.82 Å². The molecule has 0 fully saturated rings. The summed E-state index contributed by atoms with van der Waals surface area (Å²) in [5, 5.41) is 2.78. The number of aromatic amines is 2. The zero-order valence-corrected chi connectivity index (χ0v) is 9.77. The summed E-state index contributed by atoms with van der Waals surface area (Å²) in [6.45, 7) is 0.568. The molecule has 0 atom stereocenters. The Morgan fingerprint density at radius 2 is 2.22 bits per heavy atom. The number of nitrogens with zero attached hydrogens (tertiary/aromatic N) is 1. The fourth-order valence-corrected chi connectivity index (χ4v) is 1.55. The first-order chi connectivity index (χ1) is 8.75. The van der Waals surface area contributed by atoms with Crippen LogP contribution in [0.2, 0.25) is 0 Å². The van der Waals surface area contributed by atoms with Crippen molar-refractivity contribution in [2.75, 3.05) is 6.54 Å². The van der Waals surface area contributed by atoms with Crippen LogP contribution in [0.15, 0.2) is 35.5 Å². The van der Waals surface area contributed by atoms with Gasteiger partial charge in [0.15, 0.2) is 0 Å². The second kappa shape index (κ2) is 5.81. The maximum Gasteiger partial charge on any atom is 0.252 e. The van der Waals surface area contributed by atoms with Gasteiger partial charge >= 0.3 is 0 Å². The first kappa shape index (κ1) is 12.1. The normalized spacial score (nSPS) is 10.2. The van der Waals surface area contributed by atoms with Crippen molar-refractivity contribution in [3.8, 4) is 0 Å². The zero-order valence-electron chi connectivity index (χ0n) is 9.77. The van der Waals surface area contributed by atoms with E-state index in [1.165, 1.54) is 18.3 Å². The van der Waals surface area contributed by atoms with Crippen molar-refractivity contribution in [1.82, 2.24) is 20.3 Å². The number of H-pyrrole nitrogens is 2. The minimum atomic E-state index is -0.218. The van der Waals surface area contributed by atoms with E-state index in [1.807, 2.05) is 0 Å². The molecule has 0 unspecified atom stereocenters. The summed E-state index contributed by atoms with van der Waals surface area (Å²) in [4.78, 5) is 32.1. The third-order valence-electron chi connectivity index (χ3n) is 2.48. The molecule has 0 radical (unpaired) electrons. The Bertz CT molecular complexity index is 539. The molecule has 18 heavy (non-hydrogen) atoms. The van der Waals surface area contributed by atoms with E-state index < -0.39 is 0 Å². The highest BCUT2D eigenvalue weighted by molar-refractivity contribution is 5.93. The van der Waals surface area contributed by atoms with Gasteiger partial charge in [-0.05, 0) is 12.5 Å². The summed E-state index contributed by atoms with van der Waals surface area (Å²) in [6.07, 6.45) is 6.48. The van der Waals surface area contributed by atoms with Crippen LogP contribution in [0.5, 0.6) is 0 Å². The van der Waals surface area contributed by atoms with Crippen LogP contribution in [0.25, 0.3) is 0 Å². The molecule has 2 heterocycles. The standard InChI is InChI=1S/C12H14N4O2/c17-11-4-3-9(8-16-11)12(18)15-5-1-2-10-13-6-7-14-10/h3-4,6-8H,1-2,5H2,(H,13,14)(H,15,18)(H,16,17). The molecule has 6 nitrogen and oxygen atoms in total. The summed E-state index contributed by atoms with van der Waals surface area (Å²) < 4.78 is 0. The number of carbonyl (C=O) groups is 1. The van der Waals surface area contributed by atoms with E-state index >= 15 is 0 Å². The van der Waals surface area contributed by atoms with E-state index in [0.717, 1.165) is 18.7 Å². The molecule has 1 amide bonds. The molecule has 6 heteroatoms. The fourth-order valence-electron chi connectivity index (χ4n) is 1.55. The van der Waals surface area contributed by atoms with Gasteiger partial charge in [-0.15, -0.1) is 0 Å². The highest BCUT2D eigenvalue weighted by Crippen LogP contribution is 1.95. The summed E-state index contributed by atoms with van der Waals surface area (Å²) in [5.74, 6) is 0.721. The van der Waals surface area contributed by atoms with Gasteiger partial charge in [-0.2, -0.15) is 0 Å². The van der Waals surface area contributed by atoms with Gasteiger partial charge < -0.3 is 15.3 Å². The number of pyridine rings is 1. The van der Waals surface area contributed by atoms with Crippen LogP contribution in [0.1, 0.15) is 22.6 Å². The van der Waals surface area contributed by atoms with Crippen molar-refractivity contribution in [2.24, 2.45) is 0 Å². The van der Waals surface area contributed by atoms with Crippen LogP contribution in [0, 0.1) is 0 Å². The van der Waals surface area contributed by atoms with E-state index in [-0.39, 0.29) is 11.5 Å². The number of hydrogen-bond acceptors (Lipinski definition) is 3. The third-order valence-corrected chi connectivity index (χ3v) is 2.48. The molecule has 0 aliphatic carbocycles. The number of aromatic nitrogens is 3. The SMILES string of the molecule is O=C(NCCCc1ncc[nH]1)c1ccc(=O)[nH]c1. The number of aryl methyl sites for hydroxylation is 1. The number of amides is 1. The Morgan fingerprint density at radius 3 is 2.89 bits per heavy atom. The quantitative estimate of drug-likeness (QED) is 0.669. The summed E-state index contributed by atoms with van der Waals surface area (Å²) in [7, 11) is 0. The fraction of sp³-hybridized carbons (Fsp3) is 0.250. The third kappa shape index (κ3) is 3.31. The minimum Gasteiger partial charge on any atom is -0.352 e. The minimum absolute atomic E-state index is 0.189. The first-order valence-corrected chi connectivity index (χ1v) is 5.71. The molecular formula is C12H14N4O2. The average Bonchev–Trinajstić information content (AvgIpc) is 2.88. The van der Waals surface area contributed by atoms with Crippen LogP contribution in [-0.2, 0) is 6.42 Å². The predicted octanol–water partition coefficient (Wildman–Crippen LogP) is 0.461. The molecule has 0 bridgehead atoms. The van der Waals surface area contributed by atoms with Crippen molar-refractivity contribution in [2.45, 2.75) is 12.8 Å². The van der Waals surface area contributed by atoms with Crippen LogP contribution in [0.4, 0.5) is 0 Å². The molecule has 0 saturated heterocycles. The van der Waals surface area contributed by atoms with E-state index in [9.17, 15) is 9.59 Å². The number of hydrogen-bond donors (Lipinski definition) is 3. The molecule has 2 aromatic heterocycles. The van der Waals surface area contributed by atoms with Crippen LogP contribution in [-0.4, -0.2) is 27.4 Å². The predicted molar refractivity (Wildman–Crippen MR) is 66.3 cm³/mol. The lowest BCUT2D eigenvalue weighted by atomic mass is 10.2. The second-order valence-corrected chi connectivity index (χ2v) is 3.84. The zero-order chi connectivity index (χ0) is 12.8. The lowest BCUT2D eigenvalue weighted by Gasteiger charge is -2.03. The number of imidazole rings is 1. The highest BCUT2D eigenvalue weighted by atomic mass is 16.1. The first-order valence-electron chi connectivity index (χ1n) is 5.71. The molecule has 0 aliphatic heterocycles. The average molecular weight is 246 g/mol. The summed E-state index contributed by atoms with van der Waals surface area (Å²) in [6, 6.07) is 2.83. The van der Waals surface area contributed by atoms with Crippen molar-refractivity contribution >= 4 is 5.91 Å². The van der Waals surface area contributed by atoms with Gasteiger partial charge in [-0.1, -0.05) is 0 Å². The van der Waals surface area contributed by atoms with Crippen LogP contribution >= 0.6 is 0 Å². The second-order valence-electron chi connectivity index (χ2n) is 3.84. The van der Waals surface area contributed by atoms with Gasteiger partial charge in [0.25, 0.3) is 5.91 Å². The van der Waals surface area contributed by atoms with Crippen LogP contribution < -0.4 is 10.9 Å². The number of rotatable bonds is 5. The lowest BCUT2D eigenvalue weighted by Crippen LogP contribution is -2.25. The van der Waals surface area contributed by atoms with Gasteiger partial charge in [-0.3, -0.25) is 9.59 Å². The Labute approximate surface area is 103 Å². The molecule has 0 saturated carbocycles. The van der Waals surface area contributed by atoms with Crippen molar-refractivity contribution in [3.63, 3.8) is 0 Å². The maximum absolute atomic E-state index is 11.7. The van der Waals surface area contributed by atoms with Crippen LogP contribution in [0.3, 0.4) is 0 Å². The van der Waals surface area contributed by atoms with E-state index in [0.29, 0.717) is 12.1 Å². The Hall–Kier alpha value is -2.37. The number of nitrogens with one attached hydrogen (secondary N) is 3. The molecule has 2 rings (SSSR count). The van der Waals surface area contributed by atoms with Crippen molar-refractivity contribution in [3.05, 3.63) is 52.5 Å².